The number of rotatable bonds is 8. The van der Waals surface area contributed by atoms with Crippen molar-refractivity contribution in [2.24, 2.45) is 11.3 Å². The van der Waals surface area contributed by atoms with Crippen LogP contribution in [0.15, 0.2) is 47.4 Å². The summed E-state index contributed by atoms with van der Waals surface area (Å²) in [5.74, 6) is 1.48. The second kappa shape index (κ2) is 8.39. The summed E-state index contributed by atoms with van der Waals surface area (Å²) in [5, 5.41) is 0. The van der Waals surface area contributed by atoms with Gasteiger partial charge in [-0.05, 0) is 42.4 Å². The standard InChI is InChI=1S/C23H24F3N3OS/c24-16-9-18-21(19(10-16)30-22(25)26)28-20(27-18)8-15-11-23(12-15)13-29(14-23)6-7-31-17-4-2-1-3-5-17/h1-5,9-10,15,22H,6-8,11-14H2,(H,27,28). The summed E-state index contributed by atoms with van der Waals surface area (Å²) in [6, 6.07) is 12.7. The van der Waals surface area contributed by atoms with E-state index in [0.717, 1.165) is 50.7 Å². The van der Waals surface area contributed by atoms with E-state index in [9.17, 15) is 13.2 Å². The first kappa shape index (κ1) is 20.7. The molecule has 1 aliphatic heterocycles. The number of aromatic amines is 1. The van der Waals surface area contributed by atoms with Gasteiger partial charge in [0.2, 0.25) is 0 Å². The van der Waals surface area contributed by atoms with Gasteiger partial charge in [-0.25, -0.2) is 9.37 Å². The van der Waals surface area contributed by atoms with Crippen molar-refractivity contribution in [3.05, 3.63) is 54.1 Å². The van der Waals surface area contributed by atoms with E-state index >= 15 is 0 Å². The van der Waals surface area contributed by atoms with Crippen molar-refractivity contribution in [2.75, 3.05) is 25.4 Å². The molecule has 0 atom stereocenters. The number of ether oxygens (including phenoxy) is 1. The molecule has 2 aliphatic rings. The lowest BCUT2D eigenvalue weighted by Gasteiger charge is -2.59. The number of hydrogen-bond acceptors (Lipinski definition) is 4. The molecule has 5 rings (SSSR count). The van der Waals surface area contributed by atoms with Gasteiger partial charge in [-0.15, -0.1) is 11.8 Å². The monoisotopic (exact) mass is 447 g/mol. The number of nitrogens with zero attached hydrogens (tertiary/aromatic N) is 2. The molecule has 1 spiro atoms. The molecule has 1 N–H and O–H groups in total. The van der Waals surface area contributed by atoms with Crippen LogP contribution in [-0.2, 0) is 6.42 Å². The fourth-order valence-corrected chi connectivity index (χ4v) is 6.03. The largest absolute Gasteiger partial charge is 0.432 e. The van der Waals surface area contributed by atoms with Gasteiger partial charge in [0.25, 0.3) is 0 Å². The maximum atomic E-state index is 13.7. The van der Waals surface area contributed by atoms with Crippen molar-refractivity contribution in [1.82, 2.24) is 14.9 Å². The minimum atomic E-state index is -3.01. The first-order chi connectivity index (χ1) is 15.0. The second-order valence-corrected chi connectivity index (χ2v) is 9.88. The summed E-state index contributed by atoms with van der Waals surface area (Å²) in [5.41, 5.74) is 1.09. The van der Waals surface area contributed by atoms with E-state index in [1.807, 2.05) is 17.8 Å². The molecular formula is C23H24F3N3OS. The predicted octanol–water partition coefficient (Wildman–Crippen LogP) is 5.35. The number of imidazole rings is 1. The summed E-state index contributed by atoms with van der Waals surface area (Å²) in [6.45, 7) is 0.394. The molecule has 2 heterocycles. The van der Waals surface area contributed by atoms with Crippen molar-refractivity contribution < 1.29 is 17.9 Å². The topological polar surface area (TPSA) is 41.1 Å². The highest BCUT2D eigenvalue weighted by atomic mass is 32.2. The average molecular weight is 448 g/mol. The van der Waals surface area contributed by atoms with Crippen LogP contribution in [0.3, 0.4) is 0 Å². The Morgan fingerprint density at radius 3 is 2.71 bits per heavy atom. The molecule has 0 unspecified atom stereocenters. The van der Waals surface area contributed by atoms with Gasteiger partial charge in [-0.1, -0.05) is 18.2 Å². The molecule has 1 aliphatic carbocycles. The first-order valence-electron chi connectivity index (χ1n) is 10.5. The van der Waals surface area contributed by atoms with Crippen LogP contribution in [0.2, 0.25) is 0 Å². The minimum absolute atomic E-state index is 0.222. The lowest BCUT2D eigenvalue weighted by molar-refractivity contribution is -0.0910. The number of nitrogens with one attached hydrogen (secondary N) is 1. The van der Waals surface area contributed by atoms with Crippen LogP contribution in [-0.4, -0.2) is 46.9 Å². The number of H-pyrrole nitrogens is 1. The molecule has 0 amide bonds. The highest BCUT2D eigenvalue weighted by molar-refractivity contribution is 7.99. The Labute approximate surface area is 183 Å². The third kappa shape index (κ3) is 4.55. The molecule has 1 saturated heterocycles. The summed E-state index contributed by atoms with van der Waals surface area (Å²) >= 11 is 1.90. The zero-order valence-corrected chi connectivity index (χ0v) is 17.8. The highest BCUT2D eigenvalue weighted by Gasteiger charge is 2.51. The van der Waals surface area contributed by atoms with Gasteiger partial charge in [0.05, 0.1) is 5.52 Å². The second-order valence-electron chi connectivity index (χ2n) is 8.71. The van der Waals surface area contributed by atoms with Crippen LogP contribution in [0.5, 0.6) is 5.75 Å². The van der Waals surface area contributed by atoms with Gasteiger partial charge in [0.1, 0.15) is 17.2 Å². The van der Waals surface area contributed by atoms with E-state index in [-0.39, 0.29) is 11.3 Å². The van der Waals surface area contributed by atoms with E-state index in [2.05, 4.69) is 43.9 Å². The molecule has 1 aromatic heterocycles. The van der Waals surface area contributed by atoms with Gasteiger partial charge in [0.15, 0.2) is 5.75 Å². The smallest absolute Gasteiger partial charge is 0.387 e. The Kier molecular flexibility index (Phi) is 5.60. The van der Waals surface area contributed by atoms with Gasteiger partial charge in [0, 0.05) is 42.8 Å². The molecule has 3 aromatic rings. The Hall–Kier alpha value is -2.19. The molecule has 0 radical (unpaired) electrons. The number of likely N-dealkylation sites (tertiary alicyclic amines) is 1. The number of aromatic nitrogens is 2. The van der Waals surface area contributed by atoms with E-state index in [1.165, 1.54) is 11.0 Å². The summed E-state index contributed by atoms with van der Waals surface area (Å²) in [6.07, 6.45) is 3.05. The fraction of sp³-hybridized carbons (Fsp3) is 0.435. The molecule has 2 fully saturated rings. The van der Waals surface area contributed by atoms with Crippen LogP contribution in [0.25, 0.3) is 11.0 Å². The Bertz CT molecular complexity index is 1040. The zero-order valence-electron chi connectivity index (χ0n) is 17.0. The zero-order chi connectivity index (χ0) is 21.4. The van der Waals surface area contributed by atoms with Crippen LogP contribution < -0.4 is 4.74 Å². The Morgan fingerprint density at radius 2 is 1.97 bits per heavy atom. The molecule has 0 bridgehead atoms. The normalized spacial score (nSPS) is 18.5. The molecule has 1 saturated carbocycles. The van der Waals surface area contributed by atoms with Crippen LogP contribution in [0.1, 0.15) is 18.7 Å². The quantitative estimate of drug-likeness (QED) is 0.473. The minimum Gasteiger partial charge on any atom is -0.432 e. The maximum absolute atomic E-state index is 13.7. The highest BCUT2D eigenvalue weighted by Crippen LogP contribution is 2.52. The number of thioether (sulfide) groups is 1. The number of halogens is 3. The van der Waals surface area contributed by atoms with E-state index in [0.29, 0.717) is 22.7 Å². The molecule has 8 heteroatoms. The third-order valence-corrected chi connectivity index (χ3v) is 7.24. The number of fused-ring (bicyclic) bond motifs is 1. The summed E-state index contributed by atoms with van der Waals surface area (Å²) < 4.78 is 43.3. The molecule has 164 valence electrons. The van der Waals surface area contributed by atoms with Crippen molar-refractivity contribution in [3.8, 4) is 5.75 Å². The third-order valence-electron chi connectivity index (χ3n) is 6.24. The van der Waals surface area contributed by atoms with Gasteiger partial charge < -0.3 is 14.6 Å². The molecule has 4 nitrogen and oxygen atoms in total. The van der Waals surface area contributed by atoms with Gasteiger partial charge in [-0.2, -0.15) is 8.78 Å². The Balaban J connectivity index is 1.10. The molecule has 31 heavy (non-hydrogen) atoms. The van der Waals surface area contributed by atoms with Gasteiger partial charge >= 0.3 is 6.61 Å². The number of alkyl halides is 2. The summed E-state index contributed by atoms with van der Waals surface area (Å²) in [7, 11) is 0. The number of benzene rings is 2. The van der Waals surface area contributed by atoms with Crippen molar-refractivity contribution >= 4 is 22.8 Å². The lowest BCUT2D eigenvalue weighted by Crippen LogP contribution is -2.62. The lowest BCUT2D eigenvalue weighted by atomic mass is 9.57. The molecular weight excluding hydrogens is 423 g/mol. The average Bonchev–Trinajstić information content (AvgIpc) is 3.07. The predicted molar refractivity (Wildman–Crippen MR) is 115 cm³/mol. The van der Waals surface area contributed by atoms with Crippen LogP contribution in [0.4, 0.5) is 13.2 Å². The first-order valence-corrected chi connectivity index (χ1v) is 11.5. The SMILES string of the molecule is Fc1cc(OC(F)F)c2nc(CC3CC4(C3)CN(CCSc3ccccc3)C4)[nH]c2c1. The Morgan fingerprint density at radius 1 is 1.19 bits per heavy atom. The van der Waals surface area contributed by atoms with Crippen LogP contribution >= 0.6 is 11.8 Å². The van der Waals surface area contributed by atoms with Gasteiger partial charge in [-0.3, -0.25) is 0 Å². The van der Waals surface area contributed by atoms with Crippen molar-refractivity contribution in [3.63, 3.8) is 0 Å². The van der Waals surface area contributed by atoms with Crippen molar-refractivity contribution in [1.29, 1.82) is 0 Å². The summed E-state index contributed by atoms with van der Waals surface area (Å²) in [4.78, 5) is 11.3. The van der Waals surface area contributed by atoms with E-state index in [1.54, 1.807) is 0 Å². The number of hydrogen-bond donors (Lipinski definition) is 1. The van der Waals surface area contributed by atoms with Crippen LogP contribution in [0, 0.1) is 17.2 Å². The van der Waals surface area contributed by atoms with Crippen molar-refractivity contribution in [2.45, 2.75) is 30.8 Å². The van der Waals surface area contributed by atoms with E-state index in [4.69, 9.17) is 0 Å². The molecule has 2 aromatic carbocycles. The maximum Gasteiger partial charge on any atom is 0.387 e. The van der Waals surface area contributed by atoms with E-state index < -0.39 is 12.4 Å². The fourth-order valence-electron chi connectivity index (χ4n) is 5.10.